The minimum absolute atomic E-state index is 0.191. The van der Waals surface area contributed by atoms with E-state index in [1.54, 1.807) is 0 Å². The summed E-state index contributed by atoms with van der Waals surface area (Å²) in [6.45, 7) is 0. The second-order valence-electron chi connectivity index (χ2n) is 4.03. The van der Waals surface area contributed by atoms with E-state index in [0.29, 0.717) is 0 Å². The second-order valence-corrected chi connectivity index (χ2v) is 6.50. The van der Waals surface area contributed by atoms with Gasteiger partial charge in [-0.15, -0.1) is 0 Å². The van der Waals surface area contributed by atoms with E-state index in [1.165, 1.54) is 0 Å². The van der Waals surface area contributed by atoms with Crippen molar-refractivity contribution in [3.63, 3.8) is 0 Å². The summed E-state index contributed by atoms with van der Waals surface area (Å²) in [6.07, 6.45) is 0. The third-order valence-electron chi connectivity index (χ3n) is 2.50. The zero-order valence-electron chi connectivity index (χ0n) is 10.2. The van der Waals surface area contributed by atoms with Gasteiger partial charge in [-0.2, -0.15) is 0 Å². The first-order chi connectivity index (χ1) is 9.70. The summed E-state index contributed by atoms with van der Waals surface area (Å²) in [5.74, 6) is -1.39. The highest BCUT2D eigenvalue weighted by Gasteiger charge is 2.21. The van der Waals surface area contributed by atoms with E-state index in [0.717, 1.165) is 30.3 Å². The minimum atomic E-state index is -4.15. The van der Waals surface area contributed by atoms with Gasteiger partial charge in [0, 0.05) is 0 Å². The standard InChI is InChI=1S/C12H8Cl2F2N2O2S/c13-8-3-7(16)4-9(14)12(8)18-21(19,20)11-2-1-6(15)5-10(11)17/h1-5,18H,17H2. The van der Waals surface area contributed by atoms with E-state index >= 15 is 0 Å². The van der Waals surface area contributed by atoms with Crippen molar-refractivity contribution in [1.82, 2.24) is 0 Å². The highest BCUT2D eigenvalue weighted by Crippen LogP contribution is 2.33. The van der Waals surface area contributed by atoms with Crippen molar-refractivity contribution in [2.45, 2.75) is 4.90 Å². The molecule has 3 N–H and O–H groups in total. The maximum absolute atomic E-state index is 13.1. The lowest BCUT2D eigenvalue weighted by atomic mass is 10.3. The fraction of sp³-hybridized carbons (Fsp3) is 0. The Bertz CT molecular complexity index is 790. The number of hydrogen-bond acceptors (Lipinski definition) is 3. The van der Waals surface area contributed by atoms with Crippen molar-refractivity contribution in [2.75, 3.05) is 10.5 Å². The monoisotopic (exact) mass is 352 g/mol. The number of nitrogen functional groups attached to an aromatic ring is 1. The molecule has 0 unspecified atom stereocenters. The van der Waals surface area contributed by atoms with Crippen LogP contribution in [-0.4, -0.2) is 8.42 Å². The summed E-state index contributed by atoms with van der Waals surface area (Å²) in [6, 6.07) is 4.61. The quantitative estimate of drug-likeness (QED) is 0.828. The fourth-order valence-corrected chi connectivity index (χ4v) is 3.48. The van der Waals surface area contributed by atoms with Crippen LogP contribution in [0.3, 0.4) is 0 Å². The van der Waals surface area contributed by atoms with Gasteiger partial charge in [-0.3, -0.25) is 4.72 Å². The van der Waals surface area contributed by atoms with E-state index in [4.69, 9.17) is 28.9 Å². The molecule has 0 bridgehead atoms. The molecule has 0 spiro atoms. The normalized spacial score (nSPS) is 11.4. The van der Waals surface area contributed by atoms with Crippen LogP contribution >= 0.6 is 23.2 Å². The van der Waals surface area contributed by atoms with Gasteiger partial charge in [-0.1, -0.05) is 23.2 Å². The van der Waals surface area contributed by atoms with E-state index in [-0.39, 0.29) is 26.3 Å². The lowest BCUT2D eigenvalue weighted by molar-refractivity contribution is 0.600. The molecule has 2 aromatic rings. The molecule has 0 saturated heterocycles. The summed E-state index contributed by atoms with van der Waals surface area (Å²) in [7, 11) is -4.15. The molecular weight excluding hydrogens is 345 g/mol. The summed E-state index contributed by atoms with van der Waals surface area (Å²) in [5.41, 5.74) is 5.00. The maximum Gasteiger partial charge on any atom is 0.264 e. The molecule has 2 rings (SSSR count). The van der Waals surface area contributed by atoms with E-state index < -0.39 is 21.7 Å². The molecule has 112 valence electrons. The first-order valence-corrected chi connectivity index (χ1v) is 7.67. The number of nitrogens with one attached hydrogen (secondary N) is 1. The molecule has 0 fully saturated rings. The highest BCUT2D eigenvalue weighted by atomic mass is 35.5. The lowest BCUT2D eigenvalue weighted by Crippen LogP contribution is -2.15. The highest BCUT2D eigenvalue weighted by molar-refractivity contribution is 7.93. The van der Waals surface area contributed by atoms with Crippen molar-refractivity contribution < 1.29 is 17.2 Å². The largest absolute Gasteiger partial charge is 0.398 e. The molecule has 0 aliphatic carbocycles. The molecule has 0 aliphatic rings. The Morgan fingerprint density at radius 2 is 1.57 bits per heavy atom. The van der Waals surface area contributed by atoms with E-state index in [2.05, 4.69) is 4.72 Å². The van der Waals surface area contributed by atoms with Gasteiger partial charge >= 0.3 is 0 Å². The Labute approximate surface area is 129 Å². The first-order valence-electron chi connectivity index (χ1n) is 5.43. The predicted molar refractivity (Wildman–Crippen MR) is 78.0 cm³/mol. The van der Waals surface area contributed by atoms with Crippen LogP contribution in [0.2, 0.25) is 10.0 Å². The Morgan fingerprint density at radius 3 is 2.10 bits per heavy atom. The predicted octanol–water partition coefficient (Wildman–Crippen LogP) is 3.65. The Kier molecular flexibility index (Phi) is 4.27. The van der Waals surface area contributed by atoms with Gasteiger partial charge in [0.05, 0.1) is 21.4 Å². The molecule has 21 heavy (non-hydrogen) atoms. The summed E-state index contributed by atoms with van der Waals surface area (Å²) in [4.78, 5) is -0.347. The second kappa shape index (κ2) is 5.67. The Hall–Kier alpha value is -1.57. The fourth-order valence-electron chi connectivity index (χ4n) is 1.59. The molecule has 0 aromatic heterocycles. The Morgan fingerprint density at radius 1 is 1.00 bits per heavy atom. The molecule has 0 saturated carbocycles. The average molecular weight is 353 g/mol. The summed E-state index contributed by atoms with van der Waals surface area (Å²) in [5, 5.41) is -0.437. The van der Waals surface area contributed by atoms with Crippen LogP contribution in [0, 0.1) is 11.6 Å². The number of hydrogen-bond donors (Lipinski definition) is 2. The third kappa shape index (κ3) is 3.37. The first kappa shape index (κ1) is 15.8. The van der Waals surface area contributed by atoms with Crippen LogP contribution in [-0.2, 0) is 10.0 Å². The van der Waals surface area contributed by atoms with E-state index in [1.807, 2.05) is 0 Å². The molecule has 0 aliphatic heterocycles. The third-order valence-corrected chi connectivity index (χ3v) is 4.52. The van der Waals surface area contributed by atoms with Gasteiger partial charge < -0.3 is 5.73 Å². The van der Waals surface area contributed by atoms with E-state index in [9.17, 15) is 17.2 Å². The molecule has 2 aromatic carbocycles. The van der Waals surface area contributed by atoms with Crippen LogP contribution in [0.4, 0.5) is 20.2 Å². The SMILES string of the molecule is Nc1cc(F)ccc1S(=O)(=O)Nc1c(Cl)cc(F)cc1Cl. The lowest BCUT2D eigenvalue weighted by Gasteiger charge is -2.12. The zero-order valence-corrected chi connectivity index (χ0v) is 12.5. The molecule has 9 heteroatoms. The number of nitrogens with two attached hydrogens (primary N) is 1. The van der Waals surface area contributed by atoms with Crippen LogP contribution < -0.4 is 10.5 Å². The van der Waals surface area contributed by atoms with Crippen LogP contribution in [0.25, 0.3) is 0 Å². The Balaban J connectivity index is 2.47. The van der Waals surface area contributed by atoms with Crippen LogP contribution in [0.1, 0.15) is 0 Å². The van der Waals surface area contributed by atoms with Gasteiger partial charge in [0.2, 0.25) is 0 Å². The molecule has 0 heterocycles. The zero-order chi connectivity index (χ0) is 15.8. The summed E-state index contributed by atoms with van der Waals surface area (Å²) >= 11 is 11.5. The smallest absolute Gasteiger partial charge is 0.264 e. The van der Waals surface area contributed by atoms with Gasteiger partial charge in [0.15, 0.2) is 0 Å². The van der Waals surface area contributed by atoms with Crippen molar-refractivity contribution >= 4 is 44.6 Å². The van der Waals surface area contributed by atoms with Crippen molar-refractivity contribution in [3.8, 4) is 0 Å². The topological polar surface area (TPSA) is 72.2 Å². The molecule has 0 amide bonds. The van der Waals surface area contributed by atoms with Crippen LogP contribution in [0.5, 0.6) is 0 Å². The minimum Gasteiger partial charge on any atom is -0.398 e. The number of sulfonamides is 1. The number of halogens is 4. The van der Waals surface area contributed by atoms with Crippen molar-refractivity contribution in [3.05, 3.63) is 52.0 Å². The molecule has 0 radical (unpaired) electrons. The van der Waals surface area contributed by atoms with Crippen molar-refractivity contribution in [2.24, 2.45) is 0 Å². The van der Waals surface area contributed by atoms with Gasteiger partial charge in [0.1, 0.15) is 16.5 Å². The molecule has 4 nitrogen and oxygen atoms in total. The summed E-state index contributed by atoms with van der Waals surface area (Å²) < 4.78 is 52.5. The average Bonchev–Trinajstić information content (AvgIpc) is 2.33. The van der Waals surface area contributed by atoms with Gasteiger partial charge in [-0.05, 0) is 30.3 Å². The van der Waals surface area contributed by atoms with Gasteiger partial charge in [-0.25, -0.2) is 17.2 Å². The van der Waals surface area contributed by atoms with Crippen molar-refractivity contribution in [1.29, 1.82) is 0 Å². The van der Waals surface area contributed by atoms with Crippen LogP contribution in [0.15, 0.2) is 35.2 Å². The van der Waals surface area contributed by atoms with Gasteiger partial charge in [0.25, 0.3) is 10.0 Å². The number of benzene rings is 2. The maximum atomic E-state index is 13.1. The number of anilines is 2. The number of rotatable bonds is 3. The molecule has 0 atom stereocenters. The molecular formula is C12H8Cl2F2N2O2S.